The van der Waals surface area contributed by atoms with Crippen molar-refractivity contribution in [2.45, 2.75) is 0 Å². The van der Waals surface area contributed by atoms with E-state index in [0.29, 0.717) is 22.4 Å². The van der Waals surface area contributed by atoms with E-state index in [9.17, 15) is 0 Å². The summed E-state index contributed by atoms with van der Waals surface area (Å²) >= 11 is 12.8. The zero-order chi connectivity index (χ0) is 16.7. The summed E-state index contributed by atoms with van der Waals surface area (Å²) in [4.78, 5) is 15.1. The molecule has 1 saturated heterocycles. The summed E-state index contributed by atoms with van der Waals surface area (Å²) < 4.78 is 0. The average Bonchev–Trinajstić information content (AvgIpc) is 3.08. The normalized spacial score (nSPS) is 14.5. The number of hydrogen-bond acceptors (Lipinski definition) is 6. The Morgan fingerprint density at radius 2 is 1.96 bits per heavy atom. The number of fused-ring (bicyclic) bond motifs is 1. The number of halogens is 2. The van der Waals surface area contributed by atoms with Gasteiger partial charge in [-0.1, -0.05) is 29.3 Å². The van der Waals surface area contributed by atoms with Gasteiger partial charge in [0.05, 0.1) is 16.7 Å². The Morgan fingerprint density at radius 1 is 1.17 bits per heavy atom. The molecule has 1 aliphatic rings. The van der Waals surface area contributed by atoms with Gasteiger partial charge in [-0.05, 0) is 18.2 Å². The van der Waals surface area contributed by atoms with Crippen LogP contribution < -0.4 is 16.0 Å². The molecule has 0 atom stereocenters. The van der Waals surface area contributed by atoms with E-state index >= 15 is 0 Å². The highest BCUT2D eigenvalue weighted by molar-refractivity contribution is 6.39. The number of nitrogens with one attached hydrogen (secondary N) is 1. The number of nitrogens with two attached hydrogens (primary N) is 1. The van der Waals surface area contributed by atoms with Gasteiger partial charge in [-0.2, -0.15) is 4.98 Å². The van der Waals surface area contributed by atoms with Crippen LogP contribution in [0.5, 0.6) is 0 Å². The van der Waals surface area contributed by atoms with Crippen LogP contribution >= 0.6 is 23.2 Å². The van der Waals surface area contributed by atoms with Gasteiger partial charge in [0, 0.05) is 35.8 Å². The number of benzene rings is 1. The molecule has 4 rings (SSSR count). The van der Waals surface area contributed by atoms with Gasteiger partial charge in [0.15, 0.2) is 5.65 Å². The molecular formula is C16H14Cl2N6. The first-order valence-electron chi connectivity index (χ1n) is 7.47. The highest BCUT2D eigenvalue weighted by Crippen LogP contribution is 2.40. The summed E-state index contributed by atoms with van der Waals surface area (Å²) in [6, 6.07) is 7.42. The van der Waals surface area contributed by atoms with Gasteiger partial charge in [-0.25, -0.2) is 9.97 Å². The Bertz CT molecular complexity index is 904. The summed E-state index contributed by atoms with van der Waals surface area (Å²) in [6.07, 6.45) is 1.66. The van der Waals surface area contributed by atoms with Crippen molar-refractivity contribution in [1.29, 1.82) is 0 Å². The lowest BCUT2D eigenvalue weighted by molar-refractivity contribution is 0.850. The van der Waals surface area contributed by atoms with Gasteiger partial charge in [0.2, 0.25) is 5.95 Å². The van der Waals surface area contributed by atoms with Crippen molar-refractivity contribution in [1.82, 2.24) is 20.3 Å². The predicted octanol–water partition coefficient (Wildman–Crippen LogP) is 2.95. The van der Waals surface area contributed by atoms with Gasteiger partial charge >= 0.3 is 0 Å². The quantitative estimate of drug-likeness (QED) is 0.731. The van der Waals surface area contributed by atoms with Gasteiger partial charge in [-0.3, -0.25) is 5.32 Å². The lowest BCUT2D eigenvalue weighted by Gasteiger charge is -2.21. The number of anilines is 2. The molecule has 0 aliphatic carbocycles. The molecule has 8 heteroatoms. The Kier molecular flexibility index (Phi) is 3.88. The molecule has 3 heterocycles. The molecule has 1 fully saturated rings. The molecule has 0 bridgehead atoms. The van der Waals surface area contributed by atoms with Crippen molar-refractivity contribution in [2.24, 2.45) is 0 Å². The third-order valence-corrected chi connectivity index (χ3v) is 4.59. The fraction of sp³-hybridized carbons (Fsp3) is 0.188. The Hall–Kier alpha value is -2.15. The maximum Gasteiger partial charge on any atom is 0.222 e. The van der Waals surface area contributed by atoms with Crippen molar-refractivity contribution in [2.75, 3.05) is 30.4 Å². The van der Waals surface area contributed by atoms with E-state index in [4.69, 9.17) is 33.9 Å². The summed E-state index contributed by atoms with van der Waals surface area (Å²) in [6.45, 7) is 2.43. The zero-order valence-electron chi connectivity index (χ0n) is 12.6. The van der Waals surface area contributed by atoms with Crippen molar-refractivity contribution in [3.63, 3.8) is 0 Å². The van der Waals surface area contributed by atoms with Crippen LogP contribution in [-0.2, 0) is 0 Å². The fourth-order valence-corrected chi connectivity index (χ4v) is 3.44. The van der Waals surface area contributed by atoms with Crippen LogP contribution in [0.2, 0.25) is 10.0 Å². The minimum absolute atomic E-state index is 0.198. The fourth-order valence-electron chi connectivity index (χ4n) is 2.84. The monoisotopic (exact) mass is 360 g/mol. The van der Waals surface area contributed by atoms with Gasteiger partial charge < -0.3 is 10.6 Å². The van der Waals surface area contributed by atoms with Crippen LogP contribution in [0.15, 0.2) is 30.5 Å². The lowest BCUT2D eigenvalue weighted by atomic mass is 10.0. The Labute approximate surface area is 148 Å². The third-order valence-electron chi connectivity index (χ3n) is 3.96. The zero-order valence-corrected chi connectivity index (χ0v) is 14.1. The molecule has 0 spiro atoms. The molecule has 3 aromatic rings. The molecule has 3 N–H and O–H groups in total. The number of pyridine rings is 1. The second-order valence-corrected chi connectivity index (χ2v) is 6.33. The van der Waals surface area contributed by atoms with E-state index in [1.54, 1.807) is 6.20 Å². The van der Waals surface area contributed by atoms with Gasteiger partial charge in [0.25, 0.3) is 0 Å². The van der Waals surface area contributed by atoms with E-state index in [1.807, 2.05) is 24.3 Å². The third kappa shape index (κ3) is 2.62. The first kappa shape index (κ1) is 15.4. The maximum atomic E-state index is 6.42. The molecule has 24 heavy (non-hydrogen) atoms. The SMILES string of the molecule is Nc1ncc2cc(-c3c(Cl)cccc3Cl)c(N3CCNC3)nc2n1. The minimum Gasteiger partial charge on any atom is -0.368 e. The standard InChI is InChI=1S/C16H14Cl2N6/c17-11-2-1-3-12(18)13(11)10-6-9-7-21-16(19)23-14(9)22-15(10)24-5-4-20-8-24/h1-3,6-7,20H,4-5,8H2,(H2,19,21,22,23). The Morgan fingerprint density at radius 3 is 2.67 bits per heavy atom. The number of nitrogen functional groups attached to an aromatic ring is 1. The molecular weight excluding hydrogens is 347 g/mol. The van der Waals surface area contributed by atoms with E-state index in [2.05, 4.69) is 20.2 Å². The molecule has 0 unspecified atom stereocenters. The molecule has 0 saturated carbocycles. The highest BCUT2D eigenvalue weighted by atomic mass is 35.5. The van der Waals surface area contributed by atoms with Crippen LogP contribution in [-0.4, -0.2) is 34.7 Å². The maximum absolute atomic E-state index is 6.42. The van der Waals surface area contributed by atoms with Crippen LogP contribution in [0, 0.1) is 0 Å². The predicted molar refractivity (Wildman–Crippen MR) is 97.4 cm³/mol. The second kappa shape index (κ2) is 6.05. The number of rotatable bonds is 2. The van der Waals surface area contributed by atoms with E-state index in [0.717, 1.165) is 35.4 Å². The molecule has 6 nitrogen and oxygen atoms in total. The molecule has 1 aliphatic heterocycles. The molecule has 2 aromatic heterocycles. The first-order valence-corrected chi connectivity index (χ1v) is 8.22. The first-order chi connectivity index (χ1) is 11.6. The molecule has 122 valence electrons. The van der Waals surface area contributed by atoms with Crippen molar-refractivity contribution in [3.8, 4) is 11.1 Å². The van der Waals surface area contributed by atoms with E-state index < -0.39 is 0 Å². The van der Waals surface area contributed by atoms with E-state index in [1.165, 1.54) is 0 Å². The van der Waals surface area contributed by atoms with E-state index in [-0.39, 0.29) is 5.95 Å². The number of aromatic nitrogens is 3. The van der Waals surface area contributed by atoms with Crippen molar-refractivity contribution >= 4 is 46.0 Å². The largest absolute Gasteiger partial charge is 0.368 e. The topological polar surface area (TPSA) is 80.0 Å². The molecule has 0 radical (unpaired) electrons. The summed E-state index contributed by atoms with van der Waals surface area (Å²) in [5, 5.41) is 5.24. The summed E-state index contributed by atoms with van der Waals surface area (Å²) in [5.74, 6) is 0.977. The molecule has 1 aromatic carbocycles. The van der Waals surface area contributed by atoms with Crippen molar-refractivity contribution < 1.29 is 0 Å². The van der Waals surface area contributed by atoms with Gasteiger partial charge in [-0.15, -0.1) is 0 Å². The van der Waals surface area contributed by atoms with Gasteiger partial charge in [0.1, 0.15) is 5.82 Å². The number of hydrogen-bond donors (Lipinski definition) is 2. The van der Waals surface area contributed by atoms with Crippen LogP contribution in [0.1, 0.15) is 0 Å². The van der Waals surface area contributed by atoms with Crippen LogP contribution in [0.3, 0.4) is 0 Å². The second-order valence-electron chi connectivity index (χ2n) is 5.52. The van der Waals surface area contributed by atoms with Crippen molar-refractivity contribution in [3.05, 3.63) is 40.5 Å². The van der Waals surface area contributed by atoms with Crippen LogP contribution in [0.25, 0.3) is 22.2 Å². The van der Waals surface area contributed by atoms with Crippen LogP contribution in [0.4, 0.5) is 11.8 Å². The smallest absolute Gasteiger partial charge is 0.222 e. The number of nitrogens with zero attached hydrogens (tertiary/aromatic N) is 4. The average molecular weight is 361 g/mol. The minimum atomic E-state index is 0.198. The Balaban J connectivity index is 2.01. The highest BCUT2D eigenvalue weighted by Gasteiger charge is 2.22. The lowest BCUT2D eigenvalue weighted by Crippen LogP contribution is -2.23. The summed E-state index contributed by atoms with van der Waals surface area (Å²) in [7, 11) is 0. The molecule has 0 amide bonds. The summed E-state index contributed by atoms with van der Waals surface area (Å²) in [5.41, 5.74) is 7.86.